The van der Waals surface area contributed by atoms with E-state index in [-0.39, 0.29) is 11.7 Å². The Balaban J connectivity index is 3.04. The molecular formula is C14H19ClO. The molecule has 1 atom stereocenters. The number of ketones is 1. The molecular weight excluding hydrogens is 220 g/mol. The largest absolute Gasteiger partial charge is 0.294 e. The van der Waals surface area contributed by atoms with Crippen molar-refractivity contribution in [3.63, 3.8) is 0 Å². The summed E-state index contributed by atoms with van der Waals surface area (Å²) < 4.78 is 0. The van der Waals surface area contributed by atoms with Crippen molar-refractivity contribution >= 4 is 17.4 Å². The Morgan fingerprint density at radius 3 is 2.50 bits per heavy atom. The van der Waals surface area contributed by atoms with Crippen molar-refractivity contribution in [2.45, 2.75) is 40.5 Å². The molecule has 16 heavy (non-hydrogen) atoms. The Bertz CT molecular complexity index is 396. The van der Waals surface area contributed by atoms with Gasteiger partial charge in [-0.25, -0.2) is 0 Å². The molecule has 1 aromatic carbocycles. The summed E-state index contributed by atoms with van der Waals surface area (Å²) in [7, 11) is 0. The van der Waals surface area contributed by atoms with Crippen LogP contribution in [0.1, 0.15) is 48.2 Å². The summed E-state index contributed by atoms with van der Waals surface area (Å²) >= 11 is 6.02. The van der Waals surface area contributed by atoms with Gasteiger partial charge in [0.05, 0.1) is 0 Å². The van der Waals surface area contributed by atoms with Crippen molar-refractivity contribution in [1.82, 2.24) is 0 Å². The fourth-order valence-corrected chi connectivity index (χ4v) is 2.09. The molecule has 0 aliphatic carbocycles. The van der Waals surface area contributed by atoms with Gasteiger partial charge in [0.1, 0.15) is 0 Å². The number of benzene rings is 1. The second kappa shape index (κ2) is 5.49. The minimum absolute atomic E-state index is 0.101. The zero-order valence-electron chi connectivity index (χ0n) is 10.4. The highest BCUT2D eigenvalue weighted by molar-refractivity contribution is 6.31. The smallest absolute Gasteiger partial charge is 0.165 e. The second-order valence-corrected chi connectivity index (χ2v) is 4.88. The van der Waals surface area contributed by atoms with E-state index in [0.29, 0.717) is 0 Å². The molecule has 0 radical (unpaired) electrons. The van der Waals surface area contributed by atoms with E-state index in [1.807, 2.05) is 32.9 Å². The maximum absolute atomic E-state index is 12.2. The lowest BCUT2D eigenvalue weighted by Gasteiger charge is -2.12. The van der Waals surface area contributed by atoms with Crippen molar-refractivity contribution in [1.29, 1.82) is 0 Å². The van der Waals surface area contributed by atoms with Gasteiger partial charge in [0.2, 0.25) is 0 Å². The van der Waals surface area contributed by atoms with Crippen LogP contribution in [0.2, 0.25) is 5.02 Å². The zero-order valence-corrected chi connectivity index (χ0v) is 11.2. The van der Waals surface area contributed by atoms with Gasteiger partial charge in [0.25, 0.3) is 0 Å². The van der Waals surface area contributed by atoms with Crippen LogP contribution in [0.5, 0.6) is 0 Å². The molecule has 0 amide bonds. The van der Waals surface area contributed by atoms with E-state index >= 15 is 0 Å². The van der Waals surface area contributed by atoms with Crippen LogP contribution < -0.4 is 0 Å². The van der Waals surface area contributed by atoms with Gasteiger partial charge in [-0.05, 0) is 43.5 Å². The number of aryl methyl sites for hydroxylation is 2. The van der Waals surface area contributed by atoms with Gasteiger partial charge < -0.3 is 0 Å². The van der Waals surface area contributed by atoms with Crippen LogP contribution in [-0.4, -0.2) is 5.78 Å². The highest BCUT2D eigenvalue weighted by Gasteiger charge is 2.17. The van der Waals surface area contributed by atoms with Crippen LogP contribution in [0.3, 0.4) is 0 Å². The van der Waals surface area contributed by atoms with E-state index in [1.54, 1.807) is 0 Å². The van der Waals surface area contributed by atoms with Crippen molar-refractivity contribution in [2.75, 3.05) is 0 Å². The summed E-state index contributed by atoms with van der Waals surface area (Å²) in [5.74, 6) is 0.336. The Morgan fingerprint density at radius 1 is 1.31 bits per heavy atom. The predicted molar refractivity (Wildman–Crippen MR) is 69.3 cm³/mol. The van der Waals surface area contributed by atoms with Gasteiger partial charge in [0, 0.05) is 16.5 Å². The van der Waals surface area contributed by atoms with Crippen LogP contribution in [0, 0.1) is 19.8 Å². The number of carbonyl (C=O) groups is 1. The third-order valence-corrected chi connectivity index (χ3v) is 3.35. The van der Waals surface area contributed by atoms with Crippen molar-refractivity contribution < 1.29 is 4.79 Å². The molecule has 0 saturated heterocycles. The van der Waals surface area contributed by atoms with Gasteiger partial charge >= 0.3 is 0 Å². The maximum atomic E-state index is 12.2. The quantitative estimate of drug-likeness (QED) is 0.702. The Kier molecular flexibility index (Phi) is 4.55. The standard InChI is InChI=1S/C14H19ClO/c1-5-6-9(2)14(16)12-7-11(4)13(15)8-10(12)3/h7-9H,5-6H2,1-4H3. The molecule has 0 fully saturated rings. The minimum Gasteiger partial charge on any atom is -0.294 e. The molecule has 1 aromatic rings. The van der Waals surface area contributed by atoms with E-state index in [4.69, 9.17) is 11.6 Å². The molecule has 0 N–H and O–H groups in total. The predicted octanol–water partition coefficient (Wildman–Crippen LogP) is 4.58. The highest BCUT2D eigenvalue weighted by Crippen LogP contribution is 2.23. The Labute approximate surface area is 103 Å². The Hall–Kier alpha value is -0.820. The summed E-state index contributed by atoms with van der Waals surface area (Å²) in [5, 5.41) is 0.734. The van der Waals surface area contributed by atoms with Crippen molar-refractivity contribution in [2.24, 2.45) is 5.92 Å². The van der Waals surface area contributed by atoms with Gasteiger partial charge in [-0.2, -0.15) is 0 Å². The first-order valence-corrected chi connectivity index (χ1v) is 6.16. The number of halogens is 1. The summed E-state index contributed by atoms with van der Waals surface area (Å²) in [6, 6.07) is 3.79. The molecule has 1 unspecified atom stereocenters. The van der Waals surface area contributed by atoms with Crippen LogP contribution in [0.25, 0.3) is 0 Å². The number of Topliss-reactive ketones (excluding diaryl/α,β-unsaturated/α-hetero) is 1. The van der Waals surface area contributed by atoms with Crippen LogP contribution >= 0.6 is 11.6 Å². The summed E-state index contributed by atoms with van der Waals surface area (Å²) in [6.07, 6.45) is 1.98. The van der Waals surface area contributed by atoms with Crippen LogP contribution in [0.4, 0.5) is 0 Å². The number of hydrogen-bond donors (Lipinski definition) is 0. The molecule has 0 aliphatic heterocycles. The van der Waals surface area contributed by atoms with E-state index in [9.17, 15) is 4.79 Å². The molecule has 0 bridgehead atoms. The minimum atomic E-state index is 0.101. The average molecular weight is 239 g/mol. The van der Waals surface area contributed by atoms with Crippen LogP contribution in [0.15, 0.2) is 12.1 Å². The summed E-state index contributed by atoms with van der Waals surface area (Å²) in [4.78, 5) is 12.2. The normalized spacial score (nSPS) is 12.6. The lowest BCUT2D eigenvalue weighted by atomic mass is 9.92. The number of hydrogen-bond acceptors (Lipinski definition) is 1. The first kappa shape index (κ1) is 13.2. The van der Waals surface area contributed by atoms with E-state index < -0.39 is 0 Å². The Morgan fingerprint density at radius 2 is 1.94 bits per heavy atom. The number of carbonyl (C=O) groups excluding carboxylic acids is 1. The first-order chi connectivity index (χ1) is 7.47. The van der Waals surface area contributed by atoms with E-state index in [2.05, 4.69) is 6.92 Å². The molecule has 0 saturated carbocycles. The van der Waals surface area contributed by atoms with Crippen molar-refractivity contribution in [3.8, 4) is 0 Å². The molecule has 0 heterocycles. The molecule has 88 valence electrons. The second-order valence-electron chi connectivity index (χ2n) is 4.47. The third-order valence-electron chi connectivity index (χ3n) is 2.94. The van der Waals surface area contributed by atoms with E-state index in [0.717, 1.165) is 34.6 Å². The van der Waals surface area contributed by atoms with Gasteiger partial charge in [-0.15, -0.1) is 0 Å². The monoisotopic (exact) mass is 238 g/mol. The first-order valence-electron chi connectivity index (χ1n) is 5.78. The molecule has 1 nitrogen and oxygen atoms in total. The third kappa shape index (κ3) is 2.85. The topological polar surface area (TPSA) is 17.1 Å². The fourth-order valence-electron chi connectivity index (χ4n) is 1.88. The lowest BCUT2D eigenvalue weighted by Crippen LogP contribution is -2.12. The summed E-state index contributed by atoms with van der Waals surface area (Å²) in [6.45, 7) is 7.97. The molecule has 0 aliphatic rings. The van der Waals surface area contributed by atoms with Crippen LogP contribution in [-0.2, 0) is 0 Å². The number of rotatable bonds is 4. The zero-order chi connectivity index (χ0) is 12.3. The van der Waals surface area contributed by atoms with Gasteiger partial charge in [0.15, 0.2) is 5.78 Å². The summed E-state index contributed by atoms with van der Waals surface area (Å²) in [5.41, 5.74) is 2.77. The molecule has 0 aromatic heterocycles. The van der Waals surface area contributed by atoms with E-state index in [1.165, 1.54) is 0 Å². The lowest BCUT2D eigenvalue weighted by molar-refractivity contribution is 0.0923. The fraction of sp³-hybridized carbons (Fsp3) is 0.500. The van der Waals surface area contributed by atoms with Crippen molar-refractivity contribution in [3.05, 3.63) is 33.8 Å². The van der Waals surface area contributed by atoms with Gasteiger partial charge in [-0.3, -0.25) is 4.79 Å². The maximum Gasteiger partial charge on any atom is 0.165 e. The highest BCUT2D eigenvalue weighted by atomic mass is 35.5. The SMILES string of the molecule is CCCC(C)C(=O)c1cc(C)c(Cl)cc1C. The molecule has 0 spiro atoms. The molecule has 1 rings (SSSR count). The van der Waals surface area contributed by atoms with Gasteiger partial charge in [-0.1, -0.05) is 31.9 Å². The molecule has 2 heteroatoms. The average Bonchev–Trinajstić information content (AvgIpc) is 2.23.